The van der Waals surface area contributed by atoms with Gasteiger partial charge in [-0.2, -0.15) is 4.98 Å². The molecule has 0 unspecified atom stereocenters. The van der Waals surface area contributed by atoms with Gasteiger partial charge in [0.25, 0.3) is 0 Å². The van der Waals surface area contributed by atoms with E-state index in [0.29, 0.717) is 18.8 Å². The smallest absolute Gasteiger partial charge is 0.348 e. The number of ether oxygens (including phenoxy) is 1. The molecule has 0 spiro atoms. The Balaban J connectivity index is 2.17. The Bertz CT molecular complexity index is 914. The fraction of sp³-hybridized carbons (Fsp3) is 0.222. The van der Waals surface area contributed by atoms with E-state index in [2.05, 4.69) is 11.1 Å². The van der Waals surface area contributed by atoms with Crippen molar-refractivity contribution < 1.29 is 4.74 Å². The number of rotatable bonds is 2. The van der Waals surface area contributed by atoms with E-state index in [1.165, 1.54) is 5.56 Å². The summed E-state index contributed by atoms with van der Waals surface area (Å²) < 4.78 is 7.56. The van der Waals surface area contributed by atoms with Crippen LogP contribution in [0.1, 0.15) is 12.5 Å². The van der Waals surface area contributed by atoms with E-state index in [-0.39, 0.29) is 5.69 Å². The molecule has 0 saturated carbocycles. The molecule has 22 heavy (non-hydrogen) atoms. The maximum absolute atomic E-state index is 12.4. The summed E-state index contributed by atoms with van der Waals surface area (Å²) in [7, 11) is 0. The van der Waals surface area contributed by atoms with Crippen molar-refractivity contribution in [3.63, 3.8) is 0 Å². The van der Waals surface area contributed by atoms with Crippen LogP contribution in [0, 0.1) is 0 Å². The largest absolute Gasteiger partial charge is 0.492 e. The number of fused-ring (bicyclic) bond motifs is 3. The lowest BCUT2D eigenvalue weighted by Crippen LogP contribution is -2.23. The predicted molar refractivity (Wildman–Crippen MR) is 86.3 cm³/mol. The molecule has 4 nitrogen and oxygen atoms in total. The Morgan fingerprint density at radius 3 is 2.77 bits per heavy atom. The monoisotopic (exact) mass is 292 g/mol. The van der Waals surface area contributed by atoms with Gasteiger partial charge in [0.1, 0.15) is 5.75 Å². The maximum atomic E-state index is 12.4. The van der Waals surface area contributed by atoms with Crippen LogP contribution < -0.4 is 10.4 Å². The van der Waals surface area contributed by atoms with Crippen molar-refractivity contribution in [2.24, 2.45) is 0 Å². The van der Waals surface area contributed by atoms with Crippen LogP contribution in [0.4, 0.5) is 0 Å². The molecule has 0 bridgehead atoms. The second-order valence-corrected chi connectivity index (χ2v) is 5.40. The molecule has 0 radical (unpaired) electrons. The first kappa shape index (κ1) is 13.1. The van der Waals surface area contributed by atoms with Gasteiger partial charge in [0.2, 0.25) is 0 Å². The summed E-state index contributed by atoms with van der Waals surface area (Å²) in [6.07, 6.45) is 0.907. The van der Waals surface area contributed by atoms with Crippen molar-refractivity contribution >= 4 is 10.9 Å². The zero-order valence-corrected chi connectivity index (χ0v) is 12.4. The number of hydrogen-bond donors (Lipinski definition) is 0. The molecule has 0 atom stereocenters. The molecule has 110 valence electrons. The summed E-state index contributed by atoms with van der Waals surface area (Å²) in [6, 6.07) is 13.9. The predicted octanol–water partition coefficient (Wildman–Crippen LogP) is 3.02. The molecule has 1 aliphatic rings. The molecule has 3 aromatic rings. The van der Waals surface area contributed by atoms with Crippen molar-refractivity contribution in [2.75, 3.05) is 6.61 Å². The lowest BCUT2D eigenvalue weighted by molar-refractivity contribution is 0.360. The van der Waals surface area contributed by atoms with Gasteiger partial charge in [-0.25, -0.2) is 4.79 Å². The lowest BCUT2D eigenvalue weighted by Gasteiger charge is -2.14. The standard InChI is InChI=1S/C18H16N2O2/c1-2-20-14-9-8-13-10-11-22-17(13)15(14)16(19-18(20)21)12-6-4-3-5-7-12/h3-9H,2,10-11H2,1H3. The highest BCUT2D eigenvalue weighted by molar-refractivity contribution is 5.98. The van der Waals surface area contributed by atoms with Crippen molar-refractivity contribution in [3.05, 3.63) is 58.5 Å². The second-order valence-electron chi connectivity index (χ2n) is 5.40. The Kier molecular flexibility index (Phi) is 2.96. The maximum Gasteiger partial charge on any atom is 0.348 e. The molecule has 2 heterocycles. The SMILES string of the molecule is CCn1c(=O)nc(-c2ccccc2)c2c3c(ccc21)CCO3. The third-order valence-corrected chi connectivity index (χ3v) is 4.16. The van der Waals surface area contributed by atoms with Gasteiger partial charge in [-0.1, -0.05) is 36.4 Å². The Labute approximate surface area is 128 Å². The first-order chi connectivity index (χ1) is 10.8. The van der Waals surface area contributed by atoms with E-state index >= 15 is 0 Å². The van der Waals surface area contributed by atoms with E-state index in [1.807, 2.05) is 43.3 Å². The summed E-state index contributed by atoms with van der Waals surface area (Å²) in [5.41, 5.74) is 3.52. The van der Waals surface area contributed by atoms with Gasteiger partial charge in [0.05, 0.1) is 23.2 Å². The molecule has 4 heteroatoms. The first-order valence-electron chi connectivity index (χ1n) is 7.54. The van der Waals surface area contributed by atoms with Gasteiger partial charge in [0, 0.05) is 18.5 Å². The molecule has 0 aliphatic carbocycles. The fourth-order valence-electron chi connectivity index (χ4n) is 3.12. The summed E-state index contributed by atoms with van der Waals surface area (Å²) in [5.74, 6) is 0.881. The van der Waals surface area contributed by atoms with Crippen molar-refractivity contribution in [3.8, 4) is 17.0 Å². The van der Waals surface area contributed by atoms with Gasteiger partial charge in [0.15, 0.2) is 0 Å². The minimum atomic E-state index is -0.216. The lowest BCUT2D eigenvalue weighted by atomic mass is 10.0. The normalized spacial score (nSPS) is 13.1. The number of nitrogens with zero attached hydrogens (tertiary/aromatic N) is 2. The number of aryl methyl sites for hydroxylation is 1. The molecule has 0 amide bonds. The Morgan fingerprint density at radius 1 is 1.18 bits per heavy atom. The number of hydrogen-bond acceptors (Lipinski definition) is 3. The van der Waals surface area contributed by atoms with Crippen LogP contribution in [0.3, 0.4) is 0 Å². The van der Waals surface area contributed by atoms with Crippen molar-refractivity contribution in [2.45, 2.75) is 19.9 Å². The topological polar surface area (TPSA) is 44.1 Å². The third kappa shape index (κ3) is 1.84. The second kappa shape index (κ2) is 4.98. The van der Waals surface area contributed by atoms with Gasteiger partial charge >= 0.3 is 5.69 Å². The summed E-state index contributed by atoms with van der Waals surface area (Å²) in [4.78, 5) is 16.7. The summed E-state index contributed by atoms with van der Waals surface area (Å²) in [6.45, 7) is 3.24. The Morgan fingerprint density at radius 2 is 2.00 bits per heavy atom. The van der Waals surface area contributed by atoms with Crippen molar-refractivity contribution in [1.29, 1.82) is 0 Å². The molecule has 1 aliphatic heterocycles. The van der Waals surface area contributed by atoms with Crippen LogP contribution in [0.25, 0.3) is 22.2 Å². The molecule has 0 N–H and O–H groups in total. The minimum Gasteiger partial charge on any atom is -0.492 e. The average Bonchev–Trinajstić information content (AvgIpc) is 3.03. The van der Waals surface area contributed by atoms with Crippen LogP contribution in [0.15, 0.2) is 47.3 Å². The molecule has 0 fully saturated rings. The quantitative estimate of drug-likeness (QED) is 0.729. The molecule has 1 aromatic heterocycles. The van der Waals surface area contributed by atoms with Crippen LogP contribution in [0.2, 0.25) is 0 Å². The van der Waals surface area contributed by atoms with Crippen LogP contribution >= 0.6 is 0 Å². The summed E-state index contributed by atoms with van der Waals surface area (Å²) >= 11 is 0. The van der Waals surface area contributed by atoms with E-state index in [4.69, 9.17) is 4.74 Å². The highest BCUT2D eigenvalue weighted by Crippen LogP contribution is 2.38. The van der Waals surface area contributed by atoms with Crippen LogP contribution in [-0.4, -0.2) is 16.2 Å². The zero-order chi connectivity index (χ0) is 15.1. The Hall–Kier alpha value is -2.62. The molecule has 4 rings (SSSR count). The summed E-state index contributed by atoms with van der Waals surface area (Å²) in [5, 5.41) is 0.947. The molecule has 2 aromatic carbocycles. The van der Waals surface area contributed by atoms with Gasteiger partial charge < -0.3 is 4.74 Å². The third-order valence-electron chi connectivity index (χ3n) is 4.16. The van der Waals surface area contributed by atoms with E-state index in [0.717, 1.165) is 28.6 Å². The van der Waals surface area contributed by atoms with Gasteiger partial charge in [-0.3, -0.25) is 4.57 Å². The van der Waals surface area contributed by atoms with E-state index in [1.54, 1.807) is 4.57 Å². The number of benzene rings is 2. The zero-order valence-electron chi connectivity index (χ0n) is 12.4. The highest BCUT2D eigenvalue weighted by Gasteiger charge is 2.21. The molecule has 0 saturated heterocycles. The van der Waals surface area contributed by atoms with Crippen molar-refractivity contribution in [1.82, 2.24) is 9.55 Å². The fourth-order valence-corrected chi connectivity index (χ4v) is 3.12. The van der Waals surface area contributed by atoms with Gasteiger partial charge in [-0.05, 0) is 18.6 Å². The van der Waals surface area contributed by atoms with Crippen LogP contribution in [-0.2, 0) is 13.0 Å². The van der Waals surface area contributed by atoms with E-state index in [9.17, 15) is 4.79 Å². The highest BCUT2D eigenvalue weighted by atomic mass is 16.5. The first-order valence-corrected chi connectivity index (χ1v) is 7.54. The van der Waals surface area contributed by atoms with E-state index < -0.39 is 0 Å². The average molecular weight is 292 g/mol. The van der Waals surface area contributed by atoms with Gasteiger partial charge in [-0.15, -0.1) is 0 Å². The minimum absolute atomic E-state index is 0.216. The number of aromatic nitrogens is 2. The molecular weight excluding hydrogens is 276 g/mol. The van der Waals surface area contributed by atoms with Crippen LogP contribution in [0.5, 0.6) is 5.75 Å². The molecular formula is C18H16N2O2.